The normalized spacial score (nSPS) is 11.5. The van der Waals surface area contributed by atoms with E-state index in [0.717, 1.165) is 5.56 Å². The highest BCUT2D eigenvalue weighted by molar-refractivity contribution is 7.89. The minimum Gasteiger partial charge on any atom is -0.496 e. The molecule has 26 heavy (non-hydrogen) atoms. The fourth-order valence-corrected chi connectivity index (χ4v) is 3.80. The lowest BCUT2D eigenvalue weighted by atomic mass is 10.2. The van der Waals surface area contributed by atoms with Crippen molar-refractivity contribution in [3.63, 3.8) is 0 Å². The van der Waals surface area contributed by atoms with Gasteiger partial charge in [-0.25, -0.2) is 13.1 Å². The van der Waals surface area contributed by atoms with Gasteiger partial charge < -0.3 is 9.26 Å². The zero-order valence-corrected chi connectivity index (χ0v) is 15.5. The van der Waals surface area contributed by atoms with Crippen LogP contribution < -0.4 is 9.46 Å². The van der Waals surface area contributed by atoms with E-state index in [9.17, 15) is 8.42 Å². The number of benzene rings is 2. The molecule has 0 bridgehead atoms. The van der Waals surface area contributed by atoms with E-state index in [0.29, 0.717) is 22.7 Å². The molecular formula is C18H19N3O4S. The van der Waals surface area contributed by atoms with Gasteiger partial charge in [0.05, 0.1) is 24.1 Å². The first-order valence-electron chi connectivity index (χ1n) is 7.93. The van der Waals surface area contributed by atoms with Gasteiger partial charge in [0.25, 0.3) is 0 Å². The van der Waals surface area contributed by atoms with Crippen LogP contribution in [-0.4, -0.2) is 25.7 Å². The molecule has 0 aliphatic rings. The lowest BCUT2D eigenvalue weighted by Gasteiger charge is -2.08. The summed E-state index contributed by atoms with van der Waals surface area (Å²) in [6.07, 6.45) is 0. The Labute approximate surface area is 152 Å². The standard InChI is InChI=1S/C18H19N3O4S/c1-12-8-9-16(13(2)10-12)26(22,23)19-11-17-20-18(21-25-17)14-6-4-5-7-15(14)24-3/h4-10,19H,11H2,1-3H3. The van der Waals surface area contributed by atoms with Crippen molar-refractivity contribution in [2.24, 2.45) is 0 Å². The first kappa shape index (κ1) is 18.1. The maximum atomic E-state index is 12.5. The van der Waals surface area contributed by atoms with E-state index in [4.69, 9.17) is 9.26 Å². The average Bonchev–Trinajstić information content (AvgIpc) is 3.08. The summed E-state index contributed by atoms with van der Waals surface area (Å²) in [5, 5.41) is 3.90. The first-order chi connectivity index (χ1) is 12.4. The first-order valence-corrected chi connectivity index (χ1v) is 9.42. The SMILES string of the molecule is COc1ccccc1-c1noc(CNS(=O)(=O)c2ccc(C)cc2C)n1. The highest BCUT2D eigenvalue weighted by Gasteiger charge is 2.19. The van der Waals surface area contributed by atoms with Crippen LogP contribution in [0.2, 0.25) is 0 Å². The number of aromatic nitrogens is 2. The van der Waals surface area contributed by atoms with Crippen LogP contribution in [0.4, 0.5) is 0 Å². The van der Waals surface area contributed by atoms with Gasteiger partial charge in [-0.3, -0.25) is 0 Å². The van der Waals surface area contributed by atoms with Crippen molar-refractivity contribution in [1.29, 1.82) is 0 Å². The number of nitrogens with zero attached hydrogens (tertiary/aromatic N) is 2. The molecule has 7 nitrogen and oxygen atoms in total. The third-order valence-corrected chi connectivity index (χ3v) is 5.41. The molecule has 0 fully saturated rings. The Kier molecular flexibility index (Phi) is 5.06. The van der Waals surface area contributed by atoms with E-state index < -0.39 is 10.0 Å². The molecule has 0 spiro atoms. The summed E-state index contributed by atoms with van der Waals surface area (Å²) < 4.78 is 37.9. The zero-order valence-electron chi connectivity index (χ0n) is 14.7. The molecule has 2 aromatic carbocycles. The van der Waals surface area contributed by atoms with E-state index >= 15 is 0 Å². The molecule has 0 radical (unpaired) electrons. The molecule has 1 aromatic heterocycles. The van der Waals surface area contributed by atoms with Gasteiger partial charge in [-0.15, -0.1) is 0 Å². The number of para-hydroxylation sites is 1. The number of nitrogens with one attached hydrogen (secondary N) is 1. The molecule has 0 saturated heterocycles. The Hall–Kier alpha value is -2.71. The molecule has 0 atom stereocenters. The predicted octanol–water partition coefficient (Wildman–Crippen LogP) is 2.84. The van der Waals surface area contributed by atoms with Gasteiger partial charge in [0, 0.05) is 0 Å². The fraction of sp³-hybridized carbons (Fsp3) is 0.222. The minimum absolute atomic E-state index is 0.0994. The van der Waals surface area contributed by atoms with Crippen molar-refractivity contribution < 1.29 is 17.7 Å². The number of hydrogen-bond acceptors (Lipinski definition) is 6. The van der Waals surface area contributed by atoms with Gasteiger partial charge in [-0.2, -0.15) is 4.98 Å². The summed E-state index contributed by atoms with van der Waals surface area (Å²) in [6, 6.07) is 12.4. The monoisotopic (exact) mass is 373 g/mol. The fourth-order valence-electron chi connectivity index (χ4n) is 2.60. The molecule has 1 heterocycles. The second kappa shape index (κ2) is 7.27. The van der Waals surface area contributed by atoms with E-state index in [-0.39, 0.29) is 17.3 Å². The van der Waals surface area contributed by atoms with Crippen LogP contribution in [0.25, 0.3) is 11.4 Å². The molecule has 3 rings (SSSR count). The molecule has 0 saturated carbocycles. The molecule has 8 heteroatoms. The summed E-state index contributed by atoms with van der Waals surface area (Å²) in [7, 11) is -2.12. The third kappa shape index (κ3) is 3.76. The van der Waals surface area contributed by atoms with Crippen LogP contribution in [0.5, 0.6) is 5.75 Å². The van der Waals surface area contributed by atoms with Gasteiger partial charge >= 0.3 is 0 Å². The quantitative estimate of drug-likeness (QED) is 0.714. The Bertz CT molecular complexity index is 1030. The maximum Gasteiger partial charge on any atom is 0.242 e. The van der Waals surface area contributed by atoms with Gasteiger partial charge in [0.1, 0.15) is 5.75 Å². The highest BCUT2D eigenvalue weighted by atomic mass is 32.2. The molecule has 0 amide bonds. The molecule has 3 aromatic rings. The summed E-state index contributed by atoms with van der Waals surface area (Å²) in [6.45, 7) is 3.57. The van der Waals surface area contributed by atoms with Crippen LogP contribution in [0.3, 0.4) is 0 Å². The van der Waals surface area contributed by atoms with Gasteiger partial charge in [0.15, 0.2) is 0 Å². The van der Waals surface area contributed by atoms with Gasteiger partial charge in [-0.05, 0) is 37.6 Å². The number of hydrogen-bond donors (Lipinski definition) is 1. The number of sulfonamides is 1. The summed E-state index contributed by atoms with van der Waals surface area (Å²) in [5.74, 6) is 1.11. The molecule has 136 valence electrons. The molecule has 0 aliphatic heterocycles. The number of rotatable bonds is 6. The topological polar surface area (TPSA) is 94.3 Å². The van der Waals surface area contributed by atoms with Crippen LogP contribution in [0.1, 0.15) is 17.0 Å². The smallest absolute Gasteiger partial charge is 0.242 e. The lowest BCUT2D eigenvalue weighted by molar-refractivity contribution is 0.375. The lowest BCUT2D eigenvalue weighted by Crippen LogP contribution is -2.24. The Morgan fingerprint density at radius 1 is 1.15 bits per heavy atom. The van der Waals surface area contributed by atoms with Crippen LogP contribution in [0.15, 0.2) is 51.9 Å². The van der Waals surface area contributed by atoms with Crippen molar-refractivity contribution in [3.05, 3.63) is 59.5 Å². The Morgan fingerprint density at radius 2 is 1.92 bits per heavy atom. The van der Waals surface area contributed by atoms with Gasteiger partial charge in [-0.1, -0.05) is 35.0 Å². The highest BCUT2D eigenvalue weighted by Crippen LogP contribution is 2.27. The van der Waals surface area contributed by atoms with E-state index in [2.05, 4.69) is 14.9 Å². The van der Waals surface area contributed by atoms with E-state index in [1.54, 1.807) is 38.3 Å². The zero-order chi connectivity index (χ0) is 18.7. The predicted molar refractivity (Wildman–Crippen MR) is 96.2 cm³/mol. The molecule has 0 unspecified atom stereocenters. The second-order valence-corrected chi connectivity index (χ2v) is 7.54. The van der Waals surface area contributed by atoms with Crippen LogP contribution in [-0.2, 0) is 16.6 Å². The van der Waals surface area contributed by atoms with Crippen LogP contribution in [0, 0.1) is 13.8 Å². The molecular weight excluding hydrogens is 354 g/mol. The van der Waals surface area contributed by atoms with E-state index in [1.807, 2.05) is 25.1 Å². The minimum atomic E-state index is -3.68. The maximum absolute atomic E-state index is 12.5. The summed E-state index contributed by atoms with van der Waals surface area (Å²) >= 11 is 0. The van der Waals surface area contributed by atoms with Crippen molar-refractivity contribution >= 4 is 10.0 Å². The molecule has 0 aliphatic carbocycles. The number of methoxy groups -OCH3 is 1. The third-order valence-electron chi connectivity index (χ3n) is 3.85. The number of aryl methyl sites for hydroxylation is 2. The van der Waals surface area contributed by atoms with Gasteiger partial charge in [0.2, 0.25) is 21.7 Å². The van der Waals surface area contributed by atoms with E-state index in [1.165, 1.54) is 0 Å². The van der Waals surface area contributed by atoms with Crippen molar-refractivity contribution in [1.82, 2.24) is 14.9 Å². The van der Waals surface area contributed by atoms with Crippen LogP contribution >= 0.6 is 0 Å². The summed E-state index contributed by atoms with van der Waals surface area (Å²) in [5.41, 5.74) is 2.35. The Balaban J connectivity index is 1.77. The molecule has 1 N–H and O–H groups in total. The van der Waals surface area contributed by atoms with Crippen molar-refractivity contribution in [2.45, 2.75) is 25.3 Å². The summed E-state index contributed by atoms with van der Waals surface area (Å²) in [4.78, 5) is 4.47. The number of ether oxygens (including phenoxy) is 1. The Morgan fingerprint density at radius 3 is 2.65 bits per heavy atom. The van der Waals surface area contributed by atoms with Crippen molar-refractivity contribution in [2.75, 3.05) is 7.11 Å². The largest absolute Gasteiger partial charge is 0.496 e. The average molecular weight is 373 g/mol. The second-order valence-electron chi connectivity index (χ2n) is 5.81. The van der Waals surface area contributed by atoms with Crippen molar-refractivity contribution in [3.8, 4) is 17.1 Å².